The monoisotopic (exact) mass is 717 g/mol. The number of aromatic nitrogens is 5. The first-order valence-electron chi connectivity index (χ1n) is 18.8. The third kappa shape index (κ3) is 11.2. The van der Waals surface area contributed by atoms with Gasteiger partial charge in [-0.2, -0.15) is 20.1 Å². The summed E-state index contributed by atoms with van der Waals surface area (Å²) in [5.41, 5.74) is 3.82. The number of anilines is 4. The Balaban J connectivity index is 1.34. The van der Waals surface area contributed by atoms with Crippen molar-refractivity contribution in [3.8, 4) is 17.2 Å². The Morgan fingerprint density at radius 2 is 1.13 bits per heavy atom. The van der Waals surface area contributed by atoms with E-state index in [4.69, 9.17) is 19.4 Å². The molecule has 11 nitrogen and oxygen atoms in total. The molecule has 0 saturated heterocycles. The molecule has 2 heterocycles. The quantitative estimate of drug-likeness (QED) is 0.0750. The number of para-hydroxylation sites is 1. The van der Waals surface area contributed by atoms with Crippen molar-refractivity contribution < 1.29 is 19.1 Å². The number of rotatable bonds is 20. The van der Waals surface area contributed by atoms with Crippen LogP contribution < -0.4 is 10.6 Å². The van der Waals surface area contributed by atoms with Crippen molar-refractivity contribution in [1.29, 1.82) is 0 Å². The van der Waals surface area contributed by atoms with E-state index in [0.29, 0.717) is 59.1 Å². The molecular weight excluding hydrogens is 667 g/mol. The van der Waals surface area contributed by atoms with Crippen LogP contribution >= 0.6 is 0 Å². The van der Waals surface area contributed by atoms with Gasteiger partial charge in [-0.3, -0.25) is 0 Å². The third-order valence-electron chi connectivity index (χ3n) is 9.25. The van der Waals surface area contributed by atoms with Gasteiger partial charge in [-0.1, -0.05) is 84.4 Å². The van der Waals surface area contributed by atoms with Gasteiger partial charge >= 0.3 is 11.9 Å². The predicted octanol–water partition coefficient (Wildman–Crippen LogP) is 9.96. The van der Waals surface area contributed by atoms with Gasteiger partial charge in [0.1, 0.15) is 5.69 Å². The van der Waals surface area contributed by atoms with Gasteiger partial charge in [-0.15, -0.1) is 0 Å². The zero-order chi connectivity index (χ0) is 37.4. The van der Waals surface area contributed by atoms with E-state index in [1.54, 1.807) is 59.4 Å². The highest BCUT2D eigenvalue weighted by atomic mass is 16.5. The summed E-state index contributed by atoms with van der Waals surface area (Å²) in [5, 5.41) is 11.0. The number of esters is 2. The Kier molecular flexibility index (Phi) is 14.5. The zero-order valence-corrected chi connectivity index (χ0v) is 31.3. The number of carbonyl (C=O) groups excluding carboxylic acids is 2. The van der Waals surface area contributed by atoms with Gasteiger partial charge < -0.3 is 20.1 Å². The topological polar surface area (TPSA) is 133 Å². The zero-order valence-electron chi connectivity index (χ0n) is 31.3. The van der Waals surface area contributed by atoms with Crippen molar-refractivity contribution >= 4 is 35.2 Å². The molecular formula is C42H51N7O4. The molecule has 3 aromatic carbocycles. The van der Waals surface area contributed by atoms with Crippen LogP contribution in [0.15, 0.2) is 91.1 Å². The summed E-state index contributed by atoms with van der Waals surface area (Å²) in [5.74, 6) is 0.998. The number of benzene rings is 3. The molecule has 0 bridgehead atoms. The van der Waals surface area contributed by atoms with Crippen molar-refractivity contribution in [1.82, 2.24) is 24.7 Å². The Labute approximate surface area is 312 Å². The summed E-state index contributed by atoms with van der Waals surface area (Å²) < 4.78 is 13.0. The molecule has 0 aliphatic rings. The SMILES string of the molecule is CCCCC(CC)COC(=O)c1ccc(Nc2nc(Nc3ccc(C(=O)OCC(CC)CCCC)cc3)nc(-c3ccnn3-c3ccccc3)n2)cc1. The first kappa shape index (κ1) is 38.6. The number of hydrogen-bond acceptors (Lipinski definition) is 10. The normalized spacial score (nSPS) is 12.2. The average molecular weight is 718 g/mol. The summed E-state index contributed by atoms with van der Waals surface area (Å²) in [6.07, 6.45) is 10.3. The van der Waals surface area contributed by atoms with Crippen molar-refractivity contribution in [2.24, 2.45) is 11.8 Å². The Morgan fingerprint density at radius 1 is 0.642 bits per heavy atom. The van der Waals surface area contributed by atoms with Gasteiger partial charge in [0.25, 0.3) is 0 Å². The Bertz CT molecular complexity index is 1780. The molecule has 278 valence electrons. The van der Waals surface area contributed by atoms with Gasteiger partial charge in [0.2, 0.25) is 11.9 Å². The maximum atomic E-state index is 12.8. The molecule has 53 heavy (non-hydrogen) atoms. The number of ether oxygens (including phenoxy) is 2. The third-order valence-corrected chi connectivity index (χ3v) is 9.25. The minimum Gasteiger partial charge on any atom is -0.462 e. The number of hydrogen-bond donors (Lipinski definition) is 2. The maximum absolute atomic E-state index is 12.8. The largest absolute Gasteiger partial charge is 0.462 e. The lowest BCUT2D eigenvalue weighted by Crippen LogP contribution is -2.14. The number of unbranched alkanes of at least 4 members (excludes halogenated alkanes) is 2. The van der Waals surface area contributed by atoms with Gasteiger partial charge in [0, 0.05) is 11.4 Å². The van der Waals surface area contributed by atoms with E-state index in [1.165, 1.54) is 0 Å². The second-order valence-corrected chi connectivity index (χ2v) is 13.2. The second kappa shape index (κ2) is 19.9. The highest BCUT2D eigenvalue weighted by Gasteiger charge is 2.17. The van der Waals surface area contributed by atoms with Crippen LogP contribution in [-0.2, 0) is 9.47 Å². The lowest BCUT2D eigenvalue weighted by molar-refractivity contribution is 0.0419. The molecule has 0 aliphatic heterocycles. The van der Waals surface area contributed by atoms with Crippen LogP contribution in [0.3, 0.4) is 0 Å². The second-order valence-electron chi connectivity index (χ2n) is 13.2. The van der Waals surface area contributed by atoms with Crippen LogP contribution in [0.25, 0.3) is 17.2 Å². The van der Waals surface area contributed by atoms with Crippen LogP contribution in [0.4, 0.5) is 23.3 Å². The van der Waals surface area contributed by atoms with Crippen molar-refractivity contribution in [3.63, 3.8) is 0 Å². The molecule has 2 aromatic heterocycles. The Hall–Kier alpha value is -5.58. The molecule has 2 N–H and O–H groups in total. The highest BCUT2D eigenvalue weighted by molar-refractivity contribution is 5.90. The molecule has 5 aromatic rings. The van der Waals surface area contributed by atoms with Crippen LogP contribution in [0.1, 0.15) is 99.8 Å². The molecule has 0 fully saturated rings. The number of carbonyl (C=O) groups is 2. The fourth-order valence-electron chi connectivity index (χ4n) is 5.84. The van der Waals surface area contributed by atoms with Crippen LogP contribution in [0.5, 0.6) is 0 Å². The smallest absolute Gasteiger partial charge is 0.338 e. The molecule has 11 heteroatoms. The fraction of sp³-hybridized carbons (Fsp3) is 0.381. The van der Waals surface area contributed by atoms with E-state index >= 15 is 0 Å². The summed E-state index contributed by atoms with van der Waals surface area (Å²) in [7, 11) is 0. The molecule has 0 radical (unpaired) electrons. The summed E-state index contributed by atoms with van der Waals surface area (Å²) in [6.45, 7) is 9.43. The predicted molar refractivity (Wildman–Crippen MR) is 209 cm³/mol. The van der Waals surface area contributed by atoms with Crippen molar-refractivity contribution in [2.45, 2.75) is 79.1 Å². The van der Waals surface area contributed by atoms with Crippen molar-refractivity contribution in [2.75, 3.05) is 23.8 Å². The average Bonchev–Trinajstić information content (AvgIpc) is 3.69. The Morgan fingerprint density at radius 3 is 1.58 bits per heavy atom. The van der Waals surface area contributed by atoms with Crippen molar-refractivity contribution in [3.05, 3.63) is 102 Å². The molecule has 2 atom stereocenters. The van der Waals surface area contributed by atoms with E-state index in [-0.39, 0.29) is 23.8 Å². The fourth-order valence-corrected chi connectivity index (χ4v) is 5.84. The standard InChI is InChI=1S/C42H51N7O4/c1-5-9-14-30(7-3)28-52-39(50)32-18-22-34(23-19-32)44-41-46-38(37-26-27-43-49(37)36-16-12-11-13-17-36)47-42(48-41)45-35-24-20-33(21-25-35)40(51)53-29-31(8-4)15-10-6-2/h11-13,16-27,30-31H,5-10,14-15,28-29H2,1-4H3,(H2,44,45,46,47,48). The van der Waals surface area contributed by atoms with Gasteiger partial charge in [0.15, 0.2) is 5.82 Å². The van der Waals surface area contributed by atoms with E-state index < -0.39 is 0 Å². The van der Waals surface area contributed by atoms with E-state index in [1.807, 2.05) is 36.4 Å². The van der Waals surface area contributed by atoms with E-state index in [2.05, 4.69) is 48.4 Å². The number of nitrogens with one attached hydrogen (secondary N) is 2. The molecule has 5 rings (SSSR count). The summed E-state index contributed by atoms with van der Waals surface area (Å²) in [4.78, 5) is 39.8. The van der Waals surface area contributed by atoms with Crippen LogP contribution in [0, 0.1) is 11.8 Å². The van der Waals surface area contributed by atoms with E-state index in [0.717, 1.165) is 57.1 Å². The highest BCUT2D eigenvalue weighted by Crippen LogP contribution is 2.25. The van der Waals surface area contributed by atoms with Gasteiger partial charge in [0.05, 0.1) is 36.2 Å². The van der Waals surface area contributed by atoms with Crippen LogP contribution in [0.2, 0.25) is 0 Å². The molecule has 0 saturated carbocycles. The lowest BCUT2D eigenvalue weighted by atomic mass is 10.0. The molecule has 0 aliphatic carbocycles. The van der Waals surface area contributed by atoms with Gasteiger partial charge in [-0.25, -0.2) is 14.3 Å². The molecule has 0 spiro atoms. The van der Waals surface area contributed by atoms with Gasteiger partial charge in [-0.05, 0) is 91.4 Å². The maximum Gasteiger partial charge on any atom is 0.338 e. The van der Waals surface area contributed by atoms with Crippen LogP contribution in [-0.4, -0.2) is 49.9 Å². The molecule has 2 unspecified atom stereocenters. The lowest BCUT2D eigenvalue weighted by Gasteiger charge is -2.15. The minimum atomic E-state index is -0.342. The summed E-state index contributed by atoms with van der Waals surface area (Å²) >= 11 is 0. The first-order chi connectivity index (χ1) is 25.9. The number of nitrogens with zero attached hydrogens (tertiary/aromatic N) is 5. The minimum absolute atomic E-state index is 0.282. The molecule has 0 amide bonds. The van der Waals surface area contributed by atoms with E-state index in [9.17, 15) is 9.59 Å². The summed E-state index contributed by atoms with van der Waals surface area (Å²) in [6, 6.07) is 25.6. The first-order valence-corrected chi connectivity index (χ1v) is 18.8.